The van der Waals surface area contributed by atoms with Crippen LogP contribution in [0.15, 0.2) is 48.5 Å². The van der Waals surface area contributed by atoms with Gasteiger partial charge in [-0.3, -0.25) is 4.79 Å². The van der Waals surface area contributed by atoms with E-state index in [2.05, 4.69) is 15.4 Å². The summed E-state index contributed by atoms with van der Waals surface area (Å²) in [4.78, 5) is 38.2. The number of carbonyl (C=O) groups is 3. The van der Waals surface area contributed by atoms with Crippen LogP contribution in [0.25, 0.3) is 0 Å². The van der Waals surface area contributed by atoms with Crippen LogP contribution >= 0.6 is 0 Å². The highest BCUT2D eigenvalue weighted by Gasteiger charge is 2.35. The van der Waals surface area contributed by atoms with Gasteiger partial charge in [-0.2, -0.15) is 0 Å². The fraction of sp³-hybridized carbons (Fsp3) is 0.348. The average Bonchev–Trinajstić information content (AvgIpc) is 2.68. The quantitative estimate of drug-likeness (QED) is 0.582. The third-order valence-electron chi connectivity index (χ3n) is 4.57. The summed E-state index contributed by atoms with van der Waals surface area (Å²) in [7, 11) is 0. The van der Waals surface area contributed by atoms with Crippen molar-refractivity contribution in [1.29, 1.82) is 0 Å². The fourth-order valence-corrected chi connectivity index (χ4v) is 3.08. The van der Waals surface area contributed by atoms with E-state index < -0.39 is 42.1 Å². The van der Waals surface area contributed by atoms with Crippen molar-refractivity contribution in [1.82, 2.24) is 5.32 Å². The lowest BCUT2D eigenvalue weighted by molar-refractivity contribution is -0.274. The Morgan fingerprint density at radius 3 is 2.33 bits per heavy atom. The molecule has 0 fully saturated rings. The van der Waals surface area contributed by atoms with Gasteiger partial charge in [-0.25, -0.2) is 4.79 Å². The standard InChI is InChI=1S/C23H26F3N3O4/c1-15-7-5-8-16(11-15)28-21(32)27-13-20(31)29(19(14-30)22(2,3)4)17-9-6-10-18(12-17)33-23(24,25)26/h5-12,14,19H,13H2,1-4H3,(H2,27,28,32). The third kappa shape index (κ3) is 7.81. The smallest absolute Gasteiger partial charge is 0.406 e. The topological polar surface area (TPSA) is 87.7 Å². The monoisotopic (exact) mass is 465 g/mol. The fourth-order valence-electron chi connectivity index (χ4n) is 3.08. The highest BCUT2D eigenvalue weighted by atomic mass is 19.4. The number of anilines is 2. The molecule has 1 unspecified atom stereocenters. The summed E-state index contributed by atoms with van der Waals surface area (Å²) < 4.78 is 41.9. The molecule has 0 aromatic heterocycles. The lowest BCUT2D eigenvalue weighted by Crippen LogP contribution is -2.52. The maximum absolute atomic E-state index is 13.1. The zero-order valence-corrected chi connectivity index (χ0v) is 18.7. The lowest BCUT2D eigenvalue weighted by Gasteiger charge is -2.37. The van der Waals surface area contributed by atoms with E-state index in [-0.39, 0.29) is 5.69 Å². The largest absolute Gasteiger partial charge is 0.573 e. The van der Waals surface area contributed by atoms with Crippen LogP contribution in [0.5, 0.6) is 5.75 Å². The molecule has 0 heterocycles. The number of carbonyl (C=O) groups excluding carboxylic acids is 3. The zero-order valence-electron chi connectivity index (χ0n) is 18.7. The van der Waals surface area contributed by atoms with Crippen molar-refractivity contribution in [2.75, 3.05) is 16.8 Å². The molecule has 0 aliphatic heterocycles. The maximum Gasteiger partial charge on any atom is 0.573 e. The van der Waals surface area contributed by atoms with Gasteiger partial charge in [0.1, 0.15) is 12.0 Å². The van der Waals surface area contributed by atoms with Gasteiger partial charge in [0.2, 0.25) is 5.91 Å². The number of aryl methyl sites for hydroxylation is 1. The van der Waals surface area contributed by atoms with Gasteiger partial charge in [-0.1, -0.05) is 39.0 Å². The molecule has 0 bridgehead atoms. The number of nitrogens with one attached hydrogen (secondary N) is 2. The first-order valence-electron chi connectivity index (χ1n) is 10.0. The maximum atomic E-state index is 13.1. The summed E-state index contributed by atoms with van der Waals surface area (Å²) in [6, 6.07) is 10.1. The number of hydrogen-bond acceptors (Lipinski definition) is 4. The van der Waals surface area contributed by atoms with Crippen LogP contribution in [-0.4, -0.2) is 37.2 Å². The second kappa shape index (κ2) is 10.4. The molecule has 7 nitrogen and oxygen atoms in total. The summed E-state index contributed by atoms with van der Waals surface area (Å²) in [5.74, 6) is -1.23. The molecule has 33 heavy (non-hydrogen) atoms. The normalized spacial score (nSPS) is 12.5. The van der Waals surface area contributed by atoms with Crippen molar-refractivity contribution in [2.45, 2.75) is 40.1 Å². The summed E-state index contributed by atoms with van der Waals surface area (Å²) in [5.41, 5.74) is 0.723. The minimum atomic E-state index is -4.92. The van der Waals surface area contributed by atoms with Gasteiger partial charge in [-0.15, -0.1) is 13.2 Å². The molecule has 0 saturated carbocycles. The third-order valence-corrected chi connectivity index (χ3v) is 4.57. The number of ether oxygens (including phenoxy) is 1. The van der Waals surface area contributed by atoms with Crippen LogP contribution in [0.1, 0.15) is 26.3 Å². The van der Waals surface area contributed by atoms with Crippen molar-refractivity contribution in [3.8, 4) is 5.75 Å². The van der Waals surface area contributed by atoms with Crippen LogP contribution in [0.2, 0.25) is 0 Å². The molecule has 0 aliphatic carbocycles. The van der Waals surface area contributed by atoms with E-state index >= 15 is 0 Å². The van der Waals surface area contributed by atoms with Crippen LogP contribution in [0, 0.1) is 12.3 Å². The molecule has 3 amide bonds. The van der Waals surface area contributed by atoms with Gasteiger partial charge in [-0.05, 0) is 42.2 Å². The zero-order chi connectivity index (χ0) is 24.8. The van der Waals surface area contributed by atoms with Crippen LogP contribution in [0.3, 0.4) is 0 Å². The molecule has 0 saturated heterocycles. The molecule has 2 aromatic carbocycles. The van der Waals surface area contributed by atoms with Crippen molar-refractivity contribution >= 4 is 29.6 Å². The van der Waals surface area contributed by atoms with Crippen molar-refractivity contribution in [3.63, 3.8) is 0 Å². The Labute approximate surface area is 189 Å². The number of nitrogens with zero attached hydrogens (tertiary/aromatic N) is 1. The molecular formula is C23H26F3N3O4. The number of alkyl halides is 3. The average molecular weight is 465 g/mol. The predicted octanol–water partition coefficient (Wildman–Crippen LogP) is 4.66. The molecule has 10 heteroatoms. The van der Waals surface area contributed by atoms with E-state index in [1.807, 2.05) is 13.0 Å². The first kappa shape index (κ1) is 25.7. The summed E-state index contributed by atoms with van der Waals surface area (Å²) in [6.07, 6.45) is -4.38. The second-order valence-electron chi connectivity index (χ2n) is 8.43. The van der Waals surface area contributed by atoms with E-state index in [0.29, 0.717) is 12.0 Å². The van der Waals surface area contributed by atoms with E-state index in [4.69, 9.17) is 0 Å². The van der Waals surface area contributed by atoms with Crippen LogP contribution < -0.4 is 20.3 Å². The molecule has 1 atom stereocenters. The van der Waals surface area contributed by atoms with Gasteiger partial charge in [0.05, 0.1) is 12.6 Å². The Morgan fingerprint density at radius 2 is 1.76 bits per heavy atom. The first-order chi connectivity index (χ1) is 15.3. The number of urea groups is 1. The molecular weight excluding hydrogens is 439 g/mol. The predicted molar refractivity (Wildman–Crippen MR) is 118 cm³/mol. The van der Waals surface area contributed by atoms with Gasteiger partial charge < -0.3 is 25.1 Å². The SMILES string of the molecule is Cc1cccc(NC(=O)NCC(=O)N(c2cccc(OC(F)(F)F)c2)C(C=O)C(C)(C)C)c1. The number of halogens is 3. The van der Waals surface area contributed by atoms with E-state index in [1.54, 1.807) is 39.0 Å². The van der Waals surface area contributed by atoms with E-state index in [1.165, 1.54) is 12.1 Å². The Balaban J connectivity index is 2.25. The summed E-state index contributed by atoms with van der Waals surface area (Å²) in [6.45, 7) is 6.48. The summed E-state index contributed by atoms with van der Waals surface area (Å²) in [5, 5.41) is 5.01. The van der Waals surface area contributed by atoms with Crippen molar-refractivity contribution < 1.29 is 32.3 Å². The lowest BCUT2D eigenvalue weighted by atomic mass is 9.86. The Bertz CT molecular complexity index is 1000. The highest BCUT2D eigenvalue weighted by molar-refractivity contribution is 6.01. The second-order valence-corrected chi connectivity index (χ2v) is 8.43. The van der Waals surface area contributed by atoms with Crippen LogP contribution in [-0.2, 0) is 9.59 Å². The Hall–Kier alpha value is -3.56. The minimum absolute atomic E-state index is 0.0228. The Kier molecular flexibility index (Phi) is 8.08. The Morgan fingerprint density at radius 1 is 1.09 bits per heavy atom. The van der Waals surface area contributed by atoms with Crippen LogP contribution in [0.4, 0.5) is 29.3 Å². The number of rotatable bonds is 7. The van der Waals surface area contributed by atoms with Gasteiger partial charge in [0, 0.05) is 17.4 Å². The minimum Gasteiger partial charge on any atom is -0.406 e. The van der Waals surface area contributed by atoms with Gasteiger partial charge >= 0.3 is 12.4 Å². The highest BCUT2D eigenvalue weighted by Crippen LogP contribution is 2.31. The molecule has 0 spiro atoms. The van der Waals surface area contributed by atoms with Gasteiger partial charge in [0.15, 0.2) is 0 Å². The summed E-state index contributed by atoms with van der Waals surface area (Å²) >= 11 is 0. The first-order valence-corrected chi connectivity index (χ1v) is 10.0. The molecule has 0 radical (unpaired) electrons. The number of aldehydes is 1. The van der Waals surface area contributed by atoms with Gasteiger partial charge in [0.25, 0.3) is 0 Å². The molecule has 2 aromatic rings. The van der Waals surface area contributed by atoms with E-state index in [0.717, 1.165) is 22.6 Å². The van der Waals surface area contributed by atoms with Crippen molar-refractivity contribution in [3.05, 3.63) is 54.1 Å². The molecule has 2 rings (SSSR count). The number of amides is 3. The van der Waals surface area contributed by atoms with Crippen molar-refractivity contribution in [2.24, 2.45) is 5.41 Å². The molecule has 2 N–H and O–H groups in total. The number of hydrogen-bond donors (Lipinski definition) is 2. The van der Waals surface area contributed by atoms with E-state index in [9.17, 15) is 27.6 Å². The molecule has 0 aliphatic rings. The number of benzene rings is 2. The molecule has 178 valence electrons.